The predicted molar refractivity (Wildman–Crippen MR) is 87.1 cm³/mol. The Morgan fingerprint density at radius 2 is 1.91 bits per heavy atom. The molecule has 0 bridgehead atoms. The maximum absolute atomic E-state index is 12.9. The molecule has 126 valence electrons. The Kier molecular flexibility index (Phi) is 4.68. The lowest BCUT2D eigenvalue weighted by molar-refractivity contribution is -0.137. The van der Waals surface area contributed by atoms with Gasteiger partial charge in [-0.05, 0) is 37.8 Å². The molecule has 1 atom stereocenters. The highest BCUT2D eigenvalue weighted by molar-refractivity contribution is 7.88. The summed E-state index contributed by atoms with van der Waals surface area (Å²) in [6, 6.07) is 5.87. The molecule has 0 radical (unpaired) electrons. The first-order valence-corrected chi connectivity index (χ1v) is 9.98. The number of piperidine rings is 1. The number of rotatable bonds is 3. The normalized spacial score (nSPS) is 24.0. The monoisotopic (exact) mass is 337 g/mol. The molecular formula is C16H23N3O3S. The molecule has 6 nitrogen and oxygen atoms in total. The van der Waals surface area contributed by atoms with Crippen LogP contribution < -0.4 is 0 Å². The standard InChI is InChI=1S/C16H23N3O3S/c1-23(21,22)18-11-7-13(8-12-18)16(20)19-10-4-6-15(19)14-5-2-3-9-17-14/h2-3,5,9,13,15H,4,6-8,10-12H2,1H3. The maximum Gasteiger partial charge on any atom is 0.226 e. The van der Waals surface area contributed by atoms with E-state index < -0.39 is 10.0 Å². The van der Waals surface area contributed by atoms with Crippen LogP contribution in [0.4, 0.5) is 0 Å². The van der Waals surface area contributed by atoms with Crippen LogP contribution in [0, 0.1) is 5.92 Å². The Morgan fingerprint density at radius 3 is 2.52 bits per heavy atom. The third kappa shape index (κ3) is 3.55. The summed E-state index contributed by atoms with van der Waals surface area (Å²) in [4.78, 5) is 19.2. The highest BCUT2D eigenvalue weighted by Gasteiger charge is 2.36. The van der Waals surface area contributed by atoms with Gasteiger partial charge in [0.05, 0.1) is 18.0 Å². The van der Waals surface area contributed by atoms with Gasteiger partial charge in [-0.3, -0.25) is 9.78 Å². The van der Waals surface area contributed by atoms with Crippen LogP contribution >= 0.6 is 0 Å². The number of nitrogens with zero attached hydrogens (tertiary/aromatic N) is 3. The first-order chi connectivity index (χ1) is 11.0. The Balaban J connectivity index is 1.66. The lowest BCUT2D eigenvalue weighted by Gasteiger charge is -2.33. The van der Waals surface area contributed by atoms with Crippen LogP contribution in [0.5, 0.6) is 0 Å². The third-order valence-electron chi connectivity index (χ3n) is 4.84. The number of carbonyl (C=O) groups excluding carboxylic acids is 1. The van der Waals surface area contributed by atoms with Gasteiger partial charge in [0.1, 0.15) is 0 Å². The maximum atomic E-state index is 12.9. The molecule has 1 aromatic rings. The van der Waals surface area contributed by atoms with E-state index in [1.54, 1.807) is 6.20 Å². The lowest BCUT2D eigenvalue weighted by atomic mass is 9.96. The molecule has 2 fully saturated rings. The molecule has 0 saturated carbocycles. The molecule has 7 heteroatoms. The average Bonchev–Trinajstić information content (AvgIpc) is 3.04. The minimum atomic E-state index is -3.15. The van der Waals surface area contributed by atoms with E-state index in [4.69, 9.17) is 0 Å². The van der Waals surface area contributed by atoms with Gasteiger partial charge in [0.2, 0.25) is 15.9 Å². The van der Waals surface area contributed by atoms with Gasteiger partial charge in [0.25, 0.3) is 0 Å². The van der Waals surface area contributed by atoms with Crippen molar-refractivity contribution >= 4 is 15.9 Å². The van der Waals surface area contributed by atoms with Crippen LogP contribution in [0.2, 0.25) is 0 Å². The Bertz CT molecular complexity index is 654. The molecule has 3 heterocycles. The largest absolute Gasteiger partial charge is 0.334 e. The zero-order valence-electron chi connectivity index (χ0n) is 13.4. The molecule has 0 N–H and O–H groups in total. The van der Waals surface area contributed by atoms with Gasteiger partial charge in [-0.15, -0.1) is 0 Å². The van der Waals surface area contributed by atoms with Crippen LogP contribution in [0.25, 0.3) is 0 Å². The van der Waals surface area contributed by atoms with Gasteiger partial charge >= 0.3 is 0 Å². The van der Waals surface area contributed by atoms with Crippen LogP contribution in [0.1, 0.15) is 37.4 Å². The molecule has 2 aliphatic rings. The molecule has 1 aromatic heterocycles. The van der Waals surface area contributed by atoms with Gasteiger partial charge in [-0.25, -0.2) is 12.7 Å². The second kappa shape index (κ2) is 6.57. The van der Waals surface area contributed by atoms with Crippen molar-refractivity contribution in [2.75, 3.05) is 25.9 Å². The molecule has 1 amide bonds. The second-order valence-electron chi connectivity index (χ2n) is 6.38. The molecule has 0 spiro atoms. The fraction of sp³-hybridized carbons (Fsp3) is 0.625. The zero-order valence-corrected chi connectivity index (χ0v) is 14.2. The van der Waals surface area contributed by atoms with Gasteiger partial charge < -0.3 is 4.90 Å². The first-order valence-electron chi connectivity index (χ1n) is 8.13. The summed E-state index contributed by atoms with van der Waals surface area (Å²) in [7, 11) is -3.15. The Hall–Kier alpha value is -1.47. The summed E-state index contributed by atoms with van der Waals surface area (Å²) in [6.45, 7) is 1.65. The first kappa shape index (κ1) is 16.4. The van der Waals surface area contributed by atoms with E-state index in [0.29, 0.717) is 25.9 Å². The second-order valence-corrected chi connectivity index (χ2v) is 8.36. The van der Waals surface area contributed by atoms with E-state index >= 15 is 0 Å². The fourth-order valence-electron chi connectivity index (χ4n) is 3.58. The molecule has 1 unspecified atom stereocenters. The highest BCUT2D eigenvalue weighted by Crippen LogP contribution is 2.33. The van der Waals surface area contributed by atoms with E-state index in [-0.39, 0.29) is 17.9 Å². The summed E-state index contributed by atoms with van der Waals surface area (Å²) in [5, 5.41) is 0. The molecule has 3 rings (SSSR count). The van der Waals surface area contributed by atoms with Gasteiger partial charge in [0.15, 0.2) is 0 Å². The lowest BCUT2D eigenvalue weighted by Crippen LogP contribution is -2.44. The van der Waals surface area contributed by atoms with E-state index in [0.717, 1.165) is 25.1 Å². The number of likely N-dealkylation sites (tertiary alicyclic amines) is 1. The molecular weight excluding hydrogens is 314 g/mol. The number of hydrogen-bond acceptors (Lipinski definition) is 4. The topological polar surface area (TPSA) is 70.6 Å². The van der Waals surface area contributed by atoms with Crippen molar-refractivity contribution in [2.24, 2.45) is 5.92 Å². The Labute approximate surface area is 137 Å². The van der Waals surface area contributed by atoms with Crippen molar-refractivity contribution in [1.82, 2.24) is 14.2 Å². The summed E-state index contributed by atoms with van der Waals surface area (Å²) >= 11 is 0. The number of hydrogen-bond donors (Lipinski definition) is 0. The van der Waals surface area contributed by atoms with Crippen LogP contribution in [0.15, 0.2) is 24.4 Å². The SMILES string of the molecule is CS(=O)(=O)N1CCC(C(=O)N2CCCC2c2ccccn2)CC1. The number of amides is 1. The minimum absolute atomic E-state index is 0.0663. The van der Waals surface area contributed by atoms with Crippen molar-refractivity contribution in [3.8, 4) is 0 Å². The molecule has 23 heavy (non-hydrogen) atoms. The molecule has 0 aliphatic carbocycles. The van der Waals surface area contributed by atoms with E-state index in [1.165, 1.54) is 10.6 Å². The minimum Gasteiger partial charge on any atom is -0.334 e. The number of carbonyl (C=O) groups is 1. The van der Waals surface area contributed by atoms with Crippen molar-refractivity contribution in [3.05, 3.63) is 30.1 Å². The van der Waals surface area contributed by atoms with Gasteiger partial charge in [0, 0.05) is 31.7 Å². The van der Waals surface area contributed by atoms with Crippen molar-refractivity contribution < 1.29 is 13.2 Å². The van der Waals surface area contributed by atoms with Crippen LogP contribution in [-0.4, -0.2) is 54.4 Å². The van der Waals surface area contributed by atoms with Crippen molar-refractivity contribution in [3.63, 3.8) is 0 Å². The average molecular weight is 337 g/mol. The smallest absolute Gasteiger partial charge is 0.226 e. The van der Waals surface area contributed by atoms with Gasteiger partial charge in [-0.1, -0.05) is 6.07 Å². The van der Waals surface area contributed by atoms with Crippen molar-refractivity contribution in [1.29, 1.82) is 0 Å². The summed E-state index contributed by atoms with van der Waals surface area (Å²) < 4.78 is 24.6. The van der Waals surface area contributed by atoms with Gasteiger partial charge in [-0.2, -0.15) is 0 Å². The number of aromatic nitrogens is 1. The fourth-order valence-corrected chi connectivity index (χ4v) is 4.45. The van der Waals surface area contributed by atoms with E-state index in [9.17, 15) is 13.2 Å². The third-order valence-corrected chi connectivity index (χ3v) is 6.14. The number of sulfonamides is 1. The summed E-state index contributed by atoms with van der Waals surface area (Å²) in [5.74, 6) is 0.0867. The van der Waals surface area contributed by atoms with Crippen LogP contribution in [0.3, 0.4) is 0 Å². The van der Waals surface area contributed by atoms with E-state index in [2.05, 4.69) is 4.98 Å². The molecule has 2 aliphatic heterocycles. The summed E-state index contributed by atoms with van der Waals surface area (Å²) in [5.41, 5.74) is 0.951. The van der Waals surface area contributed by atoms with Crippen LogP contribution in [-0.2, 0) is 14.8 Å². The predicted octanol–water partition coefficient (Wildman–Crippen LogP) is 1.42. The number of pyridine rings is 1. The van der Waals surface area contributed by atoms with E-state index in [1.807, 2.05) is 23.1 Å². The molecule has 2 saturated heterocycles. The Morgan fingerprint density at radius 1 is 1.17 bits per heavy atom. The summed E-state index contributed by atoms with van der Waals surface area (Å²) in [6.07, 6.45) is 6.16. The zero-order chi connectivity index (χ0) is 16.4. The quantitative estimate of drug-likeness (QED) is 0.836. The molecule has 0 aromatic carbocycles. The van der Waals surface area contributed by atoms with Crippen molar-refractivity contribution in [2.45, 2.75) is 31.7 Å². The highest BCUT2D eigenvalue weighted by atomic mass is 32.2.